The molecule has 1 heterocycles. The van der Waals surface area contributed by atoms with Crippen molar-refractivity contribution in [2.75, 3.05) is 32.7 Å². The lowest BCUT2D eigenvalue weighted by atomic mass is 9.89. The van der Waals surface area contributed by atoms with Crippen LogP contribution in [0.15, 0.2) is 0 Å². The molecule has 110 valence electrons. The van der Waals surface area contributed by atoms with E-state index < -0.39 is 0 Å². The molecule has 3 heteroatoms. The molecular formula is C16H31N3. The predicted octanol–water partition coefficient (Wildman–Crippen LogP) is 3.12. The minimum Gasteiger partial charge on any atom is -0.302 e. The Kier molecular flexibility index (Phi) is 6.82. The third-order valence-corrected chi connectivity index (χ3v) is 4.41. The van der Waals surface area contributed by atoms with Crippen LogP contribution in [0.3, 0.4) is 0 Å². The van der Waals surface area contributed by atoms with Gasteiger partial charge in [0.25, 0.3) is 0 Å². The van der Waals surface area contributed by atoms with E-state index in [2.05, 4.69) is 29.7 Å². The number of rotatable bonds is 8. The highest BCUT2D eigenvalue weighted by Crippen LogP contribution is 2.22. The van der Waals surface area contributed by atoms with Crippen LogP contribution in [-0.2, 0) is 0 Å². The van der Waals surface area contributed by atoms with Crippen LogP contribution in [0, 0.1) is 16.7 Å². The molecular weight excluding hydrogens is 234 g/mol. The topological polar surface area (TPSA) is 30.3 Å². The maximum atomic E-state index is 8.99. The summed E-state index contributed by atoms with van der Waals surface area (Å²) in [5.74, 6) is 0. The van der Waals surface area contributed by atoms with Crippen LogP contribution >= 0.6 is 0 Å². The number of nitrogens with zero attached hydrogens (tertiary/aromatic N) is 3. The molecule has 1 rings (SSSR count). The predicted molar refractivity (Wildman–Crippen MR) is 81.0 cm³/mol. The van der Waals surface area contributed by atoms with Gasteiger partial charge in [-0.1, -0.05) is 20.3 Å². The number of unbranched alkanes of at least 4 members (excludes halogenated alkanes) is 1. The molecule has 0 aromatic heterocycles. The largest absolute Gasteiger partial charge is 0.302 e. The Morgan fingerprint density at radius 1 is 1.26 bits per heavy atom. The molecule has 1 aliphatic heterocycles. The Morgan fingerprint density at radius 3 is 2.53 bits per heavy atom. The van der Waals surface area contributed by atoms with Crippen molar-refractivity contribution in [2.45, 2.75) is 59.4 Å². The first-order chi connectivity index (χ1) is 9.02. The molecule has 19 heavy (non-hydrogen) atoms. The maximum absolute atomic E-state index is 8.99. The molecule has 1 atom stereocenters. The van der Waals surface area contributed by atoms with E-state index in [1.165, 1.54) is 52.0 Å². The quantitative estimate of drug-likeness (QED) is 0.632. The first-order valence-corrected chi connectivity index (χ1v) is 7.90. The van der Waals surface area contributed by atoms with Crippen LogP contribution in [0.5, 0.6) is 0 Å². The Labute approximate surface area is 119 Å². The molecule has 0 amide bonds. The standard InChI is InChI=1S/C16H31N3/c1-5-19(6-2)15-9-12-18(13-15)11-8-7-10-16(3,4)14-17/h15H,5-13H2,1-4H3. The van der Waals surface area contributed by atoms with Gasteiger partial charge in [0.15, 0.2) is 0 Å². The minimum atomic E-state index is -0.144. The lowest BCUT2D eigenvalue weighted by Crippen LogP contribution is -2.37. The minimum absolute atomic E-state index is 0.144. The third-order valence-electron chi connectivity index (χ3n) is 4.41. The van der Waals surface area contributed by atoms with Gasteiger partial charge in [0, 0.05) is 12.6 Å². The molecule has 0 aliphatic carbocycles. The molecule has 0 aromatic rings. The number of hydrogen-bond donors (Lipinski definition) is 0. The van der Waals surface area contributed by atoms with Gasteiger partial charge in [0.05, 0.1) is 11.5 Å². The summed E-state index contributed by atoms with van der Waals surface area (Å²) < 4.78 is 0. The van der Waals surface area contributed by atoms with Crippen LogP contribution in [0.25, 0.3) is 0 Å². The van der Waals surface area contributed by atoms with E-state index in [1.54, 1.807) is 0 Å². The van der Waals surface area contributed by atoms with E-state index in [-0.39, 0.29) is 5.41 Å². The van der Waals surface area contributed by atoms with Crippen molar-refractivity contribution < 1.29 is 0 Å². The summed E-state index contributed by atoms with van der Waals surface area (Å²) >= 11 is 0. The van der Waals surface area contributed by atoms with Crippen molar-refractivity contribution in [3.05, 3.63) is 0 Å². The van der Waals surface area contributed by atoms with E-state index >= 15 is 0 Å². The molecule has 1 fully saturated rings. The highest BCUT2D eigenvalue weighted by atomic mass is 15.2. The average molecular weight is 265 g/mol. The van der Waals surface area contributed by atoms with Gasteiger partial charge in [-0.3, -0.25) is 4.90 Å². The molecule has 1 unspecified atom stereocenters. The molecule has 0 bridgehead atoms. The third kappa shape index (κ3) is 5.50. The normalized spacial score (nSPS) is 20.9. The van der Waals surface area contributed by atoms with Gasteiger partial charge in [0.2, 0.25) is 0 Å². The van der Waals surface area contributed by atoms with Gasteiger partial charge in [-0.15, -0.1) is 0 Å². The Balaban J connectivity index is 2.18. The Bertz CT molecular complexity index is 289. The van der Waals surface area contributed by atoms with Crippen LogP contribution in [-0.4, -0.2) is 48.6 Å². The van der Waals surface area contributed by atoms with Crippen LogP contribution in [0.2, 0.25) is 0 Å². The molecule has 0 N–H and O–H groups in total. The maximum Gasteiger partial charge on any atom is 0.0683 e. The summed E-state index contributed by atoms with van der Waals surface area (Å²) in [4.78, 5) is 5.18. The summed E-state index contributed by atoms with van der Waals surface area (Å²) in [7, 11) is 0. The van der Waals surface area contributed by atoms with Crippen molar-refractivity contribution in [3.8, 4) is 6.07 Å². The zero-order valence-electron chi connectivity index (χ0n) is 13.3. The number of likely N-dealkylation sites (tertiary alicyclic amines) is 1. The lowest BCUT2D eigenvalue weighted by molar-refractivity contribution is 0.209. The van der Waals surface area contributed by atoms with E-state index in [9.17, 15) is 0 Å². The molecule has 0 spiro atoms. The molecule has 0 aromatic carbocycles. The fourth-order valence-corrected chi connectivity index (χ4v) is 3.01. The number of nitriles is 1. The second-order valence-electron chi connectivity index (χ2n) is 6.42. The lowest BCUT2D eigenvalue weighted by Gasteiger charge is -2.26. The van der Waals surface area contributed by atoms with Crippen molar-refractivity contribution in [1.82, 2.24) is 9.80 Å². The van der Waals surface area contributed by atoms with E-state index in [4.69, 9.17) is 5.26 Å². The van der Waals surface area contributed by atoms with Gasteiger partial charge >= 0.3 is 0 Å². The summed E-state index contributed by atoms with van der Waals surface area (Å²) in [6.07, 6.45) is 4.76. The van der Waals surface area contributed by atoms with E-state index in [1.807, 2.05) is 13.8 Å². The van der Waals surface area contributed by atoms with Gasteiger partial charge in [0.1, 0.15) is 0 Å². The average Bonchev–Trinajstić information content (AvgIpc) is 2.85. The summed E-state index contributed by atoms with van der Waals surface area (Å²) in [5, 5.41) is 8.99. The van der Waals surface area contributed by atoms with Gasteiger partial charge in [-0.2, -0.15) is 5.26 Å². The van der Waals surface area contributed by atoms with Gasteiger partial charge in [-0.25, -0.2) is 0 Å². The molecule has 3 nitrogen and oxygen atoms in total. The molecule has 0 saturated carbocycles. The van der Waals surface area contributed by atoms with Crippen molar-refractivity contribution in [3.63, 3.8) is 0 Å². The molecule has 1 aliphatic rings. The monoisotopic (exact) mass is 265 g/mol. The second kappa shape index (κ2) is 7.87. The molecule has 1 saturated heterocycles. The summed E-state index contributed by atoms with van der Waals surface area (Å²) in [6.45, 7) is 14.6. The van der Waals surface area contributed by atoms with Crippen LogP contribution in [0.1, 0.15) is 53.4 Å². The highest BCUT2D eigenvalue weighted by Gasteiger charge is 2.25. The fourth-order valence-electron chi connectivity index (χ4n) is 3.01. The Morgan fingerprint density at radius 2 is 1.95 bits per heavy atom. The van der Waals surface area contributed by atoms with Gasteiger partial charge < -0.3 is 4.90 Å². The SMILES string of the molecule is CCN(CC)C1CCN(CCCCC(C)(C)C#N)C1. The first kappa shape index (κ1) is 16.5. The molecule has 0 radical (unpaired) electrons. The Hall–Kier alpha value is -0.590. The van der Waals surface area contributed by atoms with E-state index in [0.29, 0.717) is 0 Å². The smallest absolute Gasteiger partial charge is 0.0683 e. The second-order valence-corrected chi connectivity index (χ2v) is 6.42. The van der Waals surface area contributed by atoms with Crippen molar-refractivity contribution in [2.24, 2.45) is 5.41 Å². The van der Waals surface area contributed by atoms with Crippen LogP contribution < -0.4 is 0 Å². The van der Waals surface area contributed by atoms with Crippen molar-refractivity contribution in [1.29, 1.82) is 5.26 Å². The number of likely N-dealkylation sites (N-methyl/N-ethyl adjacent to an activating group) is 1. The summed E-state index contributed by atoms with van der Waals surface area (Å²) in [6, 6.07) is 3.16. The highest BCUT2D eigenvalue weighted by molar-refractivity contribution is 4.91. The zero-order chi connectivity index (χ0) is 14.3. The van der Waals surface area contributed by atoms with E-state index in [0.717, 1.165) is 12.5 Å². The number of hydrogen-bond acceptors (Lipinski definition) is 3. The van der Waals surface area contributed by atoms with Gasteiger partial charge in [-0.05, 0) is 59.3 Å². The summed E-state index contributed by atoms with van der Waals surface area (Å²) in [5.41, 5.74) is -0.144. The van der Waals surface area contributed by atoms with Crippen molar-refractivity contribution >= 4 is 0 Å². The fraction of sp³-hybridized carbons (Fsp3) is 0.938. The first-order valence-electron chi connectivity index (χ1n) is 7.90. The zero-order valence-corrected chi connectivity index (χ0v) is 13.3. The van der Waals surface area contributed by atoms with Crippen LogP contribution in [0.4, 0.5) is 0 Å².